The third kappa shape index (κ3) is 4.72. The highest BCUT2D eigenvalue weighted by Crippen LogP contribution is 2.19. The summed E-state index contributed by atoms with van der Waals surface area (Å²) in [6, 6.07) is 6.93. The number of aryl methyl sites for hydroxylation is 1. The van der Waals surface area contributed by atoms with Crippen LogP contribution in [0, 0.1) is 0 Å². The van der Waals surface area contributed by atoms with Gasteiger partial charge in [0.1, 0.15) is 24.2 Å². The maximum absolute atomic E-state index is 12.8. The molecule has 0 amide bonds. The van der Waals surface area contributed by atoms with Gasteiger partial charge in [-0.3, -0.25) is 13.9 Å². The molecule has 31 heavy (non-hydrogen) atoms. The van der Waals surface area contributed by atoms with Crippen LogP contribution in [0.1, 0.15) is 6.92 Å². The molecule has 2 aromatic heterocycles. The molecule has 2 atom stereocenters. The van der Waals surface area contributed by atoms with Crippen LogP contribution in [-0.4, -0.2) is 61.4 Å². The van der Waals surface area contributed by atoms with E-state index in [9.17, 15) is 19.8 Å². The number of hydrogen-bond acceptors (Lipinski definition) is 8. The summed E-state index contributed by atoms with van der Waals surface area (Å²) in [6.07, 6.45) is -1.64. The highest BCUT2D eigenvalue weighted by molar-refractivity contribution is 5.74. The highest BCUT2D eigenvalue weighted by Gasteiger charge is 2.21. The quantitative estimate of drug-likeness (QED) is 0.418. The molecular weight excluding hydrogens is 406 g/mol. The second-order valence-corrected chi connectivity index (χ2v) is 7.29. The molecule has 2 heterocycles. The summed E-state index contributed by atoms with van der Waals surface area (Å²) in [5, 5.41) is 23.1. The van der Waals surface area contributed by atoms with Crippen LogP contribution in [0.5, 0.6) is 11.5 Å². The Morgan fingerprint density at radius 1 is 1.10 bits per heavy atom. The standard InChI is InChI=1S/C20H27N5O6/c1-12(26)9-21-19-22-17-16(18(28)24(3)20(29)23(17)2)25(19)10-13(27)11-31-15-7-5-14(30-4)6-8-15/h5-8,12-13,26-27H,9-11H2,1-4H3,(H,21,22)/t12-,13+/m0/s1. The third-order valence-electron chi connectivity index (χ3n) is 4.80. The van der Waals surface area contributed by atoms with Gasteiger partial charge in [-0.2, -0.15) is 4.98 Å². The smallest absolute Gasteiger partial charge is 0.332 e. The van der Waals surface area contributed by atoms with E-state index in [0.717, 1.165) is 4.57 Å². The van der Waals surface area contributed by atoms with Gasteiger partial charge >= 0.3 is 5.69 Å². The topological polar surface area (TPSA) is 133 Å². The van der Waals surface area contributed by atoms with E-state index in [0.29, 0.717) is 11.5 Å². The fourth-order valence-electron chi connectivity index (χ4n) is 3.13. The second kappa shape index (κ2) is 9.23. The first kappa shape index (κ1) is 22.4. The number of rotatable bonds is 9. The Labute approximate surface area is 178 Å². The first-order chi connectivity index (χ1) is 14.7. The molecule has 0 fully saturated rings. The van der Waals surface area contributed by atoms with Gasteiger partial charge in [0.25, 0.3) is 5.56 Å². The van der Waals surface area contributed by atoms with Crippen LogP contribution in [-0.2, 0) is 20.6 Å². The summed E-state index contributed by atoms with van der Waals surface area (Å²) in [5.41, 5.74) is -0.683. The number of anilines is 1. The van der Waals surface area contributed by atoms with E-state index in [1.54, 1.807) is 38.3 Å². The average Bonchev–Trinajstić information content (AvgIpc) is 3.11. The normalized spacial score (nSPS) is 13.2. The van der Waals surface area contributed by atoms with Gasteiger partial charge in [0.05, 0.1) is 19.8 Å². The van der Waals surface area contributed by atoms with Crippen LogP contribution in [0.2, 0.25) is 0 Å². The van der Waals surface area contributed by atoms with Crippen LogP contribution in [0.4, 0.5) is 5.95 Å². The van der Waals surface area contributed by atoms with Gasteiger partial charge in [-0.05, 0) is 31.2 Å². The van der Waals surface area contributed by atoms with Crippen LogP contribution in [0.25, 0.3) is 11.2 Å². The number of fused-ring (bicyclic) bond motifs is 1. The van der Waals surface area contributed by atoms with Gasteiger partial charge in [-0.15, -0.1) is 0 Å². The summed E-state index contributed by atoms with van der Waals surface area (Å²) < 4.78 is 14.5. The van der Waals surface area contributed by atoms with Gasteiger partial charge in [0.15, 0.2) is 11.2 Å². The van der Waals surface area contributed by atoms with Crippen molar-refractivity contribution in [2.75, 3.05) is 25.6 Å². The highest BCUT2D eigenvalue weighted by atomic mass is 16.5. The molecule has 3 aromatic rings. The molecule has 11 heteroatoms. The van der Waals surface area contributed by atoms with E-state index in [2.05, 4.69) is 10.3 Å². The van der Waals surface area contributed by atoms with Crippen molar-refractivity contribution in [1.82, 2.24) is 18.7 Å². The van der Waals surface area contributed by atoms with Crippen molar-refractivity contribution in [1.29, 1.82) is 0 Å². The lowest BCUT2D eigenvalue weighted by atomic mass is 10.3. The molecule has 3 N–H and O–H groups in total. The number of methoxy groups -OCH3 is 1. The summed E-state index contributed by atoms with van der Waals surface area (Å²) in [5.74, 6) is 1.51. The summed E-state index contributed by atoms with van der Waals surface area (Å²) in [4.78, 5) is 29.4. The van der Waals surface area contributed by atoms with Crippen LogP contribution >= 0.6 is 0 Å². The van der Waals surface area contributed by atoms with Crippen molar-refractivity contribution in [2.24, 2.45) is 14.1 Å². The van der Waals surface area contributed by atoms with E-state index in [4.69, 9.17) is 9.47 Å². The number of benzene rings is 1. The summed E-state index contributed by atoms with van der Waals surface area (Å²) >= 11 is 0. The summed E-state index contributed by atoms with van der Waals surface area (Å²) in [7, 11) is 4.47. The number of aliphatic hydroxyl groups excluding tert-OH is 2. The van der Waals surface area contributed by atoms with E-state index >= 15 is 0 Å². The molecule has 0 radical (unpaired) electrons. The molecule has 0 saturated heterocycles. The second-order valence-electron chi connectivity index (χ2n) is 7.29. The number of aromatic nitrogens is 4. The van der Waals surface area contributed by atoms with E-state index < -0.39 is 23.5 Å². The third-order valence-corrected chi connectivity index (χ3v) is 4.80. The molecule has 0 spiro atoms. The zero-order chi connectivity index (χ0) is 22.7. The SMILES string of the molecule is COc1ccc(OC[C@H](O)Cn2c(NC[C@H](C)O)nc3c2c(=O)n(C)c(=O)n3C)cc1. The molecule has 11 nitrogen and oxygen atoms in total. The van der Waals surface area contributed by atoms with Crippen molar-refractivity contribution in [3.05, 3.63) is 45.1 Å². The molecule has 0 aliphatic carbocycles. The predicted octanol–water partition coefficient (Wildman–Crippen LogP) is -0.325. The number of aliphatic hydroxyl groups is 2. The maximum Gasteiger partial charge on any atom is 0.332 e. The average molecular weight is 433 g/mol. The monoisotopic (exact) mass is 433 g/mol. The minimum absolute atomic E-state index is 0.0117. The molecular formula is C20H27N5O6. The van der Waals surface area contributed by atoms with Crippen molar-refractivity contribution in [2.45, 2.75) is 25.7 Å². The first-order valence-electron chi connectivity index (χ1n) is 9.76. The van der Waals surface area contributed by atoms with Crippen LogP contribution < -0.4 is 26.0 Å². The molecule has 0 unspecified atom stereocenters. The summed E-state index contributed by atoms with van der Waals surface area (Å²) in [6.45, 7) is 1.73. The Bertz CT molecular complexity index is 1160. The number of nitrogens with zero attached hydrogens (tertiary/aromatic N) is 4. The number of hydrogen-bond donors (Lipinski definition) is 3. The Kier molecular flexibility index (Phi) is 6.66. The Morgan fingerprint density at radius 3 is 2.35 bits per heavy atom. The first-order valence-corrected chi connectivity index (χ1v) is 9.76. The Balaban J connectivity index is 1.90. The van der Waals surface area contributed by atoms with Gasteiger partial charge in [0.2, 0.25) is 5.95 Å². The predicted molar refractivity (Wildman–Crippen MR) is 115 cm³/mol. The Morgan fingerprint density at radius 2 is 1.74 bits per heavy atom. The molecule has 0 aliphatic heterocycles. The van der Waals surface area contributed by atoms with Crippen molar-refractivity contribution in [3.63, 3.8) is 0 Å². The van der Waals surface area contributed by atoms with Crippen molar-refractivity contribution in [3.8, 4) is 11.5 Å². The molecule has 0 aliphatic rings. The molecule has 3 rings (SSSR count). The lowest BCUT2D eigenvalue weighted by Gasteiger charge is -2.16. The molecule has 1 aromatic carbocycles. The van der Waals surface area contributed by atoms with E-state index in [1.807, 2.05) is 0 Å². The van der Waals surface area contributed by atoms with Gasteiger partial charge < -0.3 is 29.6 Å². The van der Waals surface area contributed by atoms with Crippen molar-refractivity contribution < 1.29 is 19.7 Å². The minimum atomic E-state index is -0.978. The lowest BCUT2D eigenvalue weighted by molar-refractivity contribution is 0.0937. The fourth-order valence-corrected chi connectivity index (χ4v) is 3.13. The number of ether oxygens (including phenoxy) is 2. The zero-order valence-corrected chi connectivity index (χ0v) is 17.9. The molecule has 0 bridgehead atoms. The molecule has 0 saturated carbocycles. The van der Waals surface area contributed by atoms with Gasteiger partial charge in [-0.1, -0.05) is 0 Å². The van der Waals surface area contributed by atoms with E-state index in [1.165, 1.54) is 23.2 Å². The van der Waals surface area contributed by atoms with Crippen molar-refractivity contribution >= 4 is 17.1 Å². The number of imidazole rings is 1. The Hall–Kier alpha value is -3.31. The maximum atomic E-state index is 12.8. The molecule has 168 valence electrons. The van der Waals surface area contributed by atoms with Gasteiger partial charge in [0, 0.05) is 20.6 Å². The van der Waals surface area contributed by atoms with Gasteiger partial charge in [-0.25, -0.2) is 4.79 Å². The van der Waals surface area contributed by atoms with E-state index in [-0.39, 0.29) is 36.8 Å². The zero-order valence-electron chi connectivity index (χ0n) is 17.9. The van der Waals surface area contributed by atoms with Crippen LogP contribution in [0.15, 0.2) is 33.9 Å². The largest absolute Gasteiger partial charge is 0.497 e. The fraction of sp³-hybridized carbons (Fsp3) is 0.450. The number of nitrogens with one attached hydrogen (secondary N) is 1. The minimum Gasteiger partial charge on any atom is -0.497 e. The lowest BCUT2D eigenvalue weighted by Crippen LogP contribution is -2.38. The van der Waals surface area contributed by atoms with Crippen LogP contribution in [0.3, 0.4) is 0 Å².